The second-order valence-corrected chi connectivity index (χ2v) is 7.00. The number of rotatable bonds is 8. The van der Waals surface area contributed by atoms with Crippen LogP contribution in [0.5, 0.6) is 0 Å². The summed E-state index contributed by atoms with van der Waals surface area (Å²) < 4.78 is 0. The van der Waals surface area contributed by atoms with Crippen LogP contribution in [0.25, 0.3) is 0 Å². The highest BCUT2D eigenvalue weighted by Crippen LogP contribution is 2.30. The Morgan fingerprint density at radius 3 is 2.40 bits per heavy atom. The Kier molecular flexibility index (Phi) is 6.70. The molecule has 1 rings (SSSR count). The molecule has 1 amide bonds. The number of hydrogen-bond acceptors (Lipinski definition) is 2. The van der Waals surface area contributed by atoms with Gasteiger partial charge in [0.1, 0.15) is 5.78 Å². The van der Waals surface area contributed by atoms with Gasteiger partial charge in [-0.25, -0.2) is 0 Å². The molecule has 1 aliphatic carbocycles. The van der Waals surface area contributed by atoms with Crippen molar-refractivity contribution in [3.05, 3.63) is 0 Å². The largest absolute Gasteiger partial charge is 0.355 e. The van der Waals surface area contributed by atoms with Gasteiger partial charge in [-0.3, -0.25) is 9.59 Å². The molecule has 1 saturated carbocycles. The lowest BCUT2D eigenvalue weighted by Crippen LogP contribution is -2.38. The maximum atomic E-state index is 12.1. The van der Waals surface area contributed by atoms with Crippen molar-refractivity contribution in [2.75, 3.05) is 6.54 Å². The van der Waals surface area contributed by atoms with Gasteiger partial charge in [-0.15, -0.1) is 0 Å². The Balaban J connectivity index is 2.22. The lowest BCUT2D eigenvalue weighted by Gasteiger charge is -2.29. The van der Waals surface area contributed by atoms with E-state index in [4.69, 9.17) is 0 Å². The third-order valence-corrected chi connectivity index (χ3v) is 5.17. The third kappa shape index (κ3) is 5.26. The molecule has 0 aliphatic heterocycles. The van der Waals surface area contributed by atoms with E-state index >= 15 is 0 Å². The van der Waals surface area contributed by atoms with Crippen LogP contribution in [0.3, 0.4) is 0 Å². The quantitative estimate of drug-likeness (QED) is 0.737. The molecule has 1 atom stereocenters. The van der Waals surface area contributed by atoms with E-state index in [1.165, 1.54) is 25.7 Å². The van der Waals surface area contributed by atoms with Crippen molar-refractivity contribution in [2.45, 2.75) is 72.6 Å². The van der Waals surface area contributed by atoms with Crippen molar-refractivity contribution in [3.8, 4) is 0 Å². The van der Waals surface area contributed by atoms with Crippen LogP contribution in [0.1, 0.15) is 72.6 Å². The Morgan fingerprint density at radius 2 is 1.85 bits per heavy atom. The van der Waals surface area contributed by atoms with Gasteiger partial charge in [0.25, 0.3) is 0 Å². The standard InChI is InChI=1S/C17H31NO2/c1-5-17(3,4)13(2)16(20)18-11-10-15(19)12-14-8-6-7-9-14/h13-14H,5-12H2,1-4H3,(H,18,20)/t13-/m0/s1. The summed E-state index contributed by atoms with van der Waals surface area (Å²) in [5.41, 5.74) is 0.0118. The summed E-state index contributed by atoms with van der Waals surface area (Å²) in [5, 5.41) is 2.92. The highest BCUT2D eigenvalue weighted by molar-refractivity contribution is 5.81. The van der Waals surface area contributed by atoms with Crippen molar-refractivity contribution in [1.29, 1.82) is 0 Å². The van der Waals surface area contributed by atoms with E-state index in [-0.39, 0.29) is 17.2 Å². The van der Waals surface area contributed by atoms with Crippen molar-refractivity contribution in [2.24, 2.45) is 17.3 Å². The van der Waals surface area contributed by atoms with Gasteiger partial charge in [0.05, 0.1) is 0 Å². The summed E-state index contributed by atoms with van der Waals surface area (Å²) in [4.78, 5) is 23.9. The van der Waals surface area contributed by atoms with Gasteiger partial charge in [0.2, 0.25) is 5.91 Å². The zero-order chi connectivity index (χ0) is 15.2. The number of hydrogen-bond donors (Lipinski definition) is 1. The summed E-state index contributed by atoms with van der Waals surface area (Å²) in [5.74, 6) is 0.971. The lowest BCUT2D eigenvalue weighted by molar-refractivity contribution is -0.128. The van der Waals surface area contributed by atoms with E-state index in [9.17, 15) is 9.59 Å². The van der Waals surface area contributed by atoms with E-state index in [1.54, 1.807) is 0 Å². The molecule has 1 aliphatic rings. The summed E-state index contributed by atoms with van der Waals surface area (Å²) >= 11 is 0. The van der Waals surface area contributed by atoms with E-state index in [0.29, 0.717) is 31.1 Å². The first kappa shape index (κ1) is 17.2. The topological polar surface area (TPSA) is 46.2 Å². The first-order valence-electron chi connectivity index (χ1n) is 8.16. The molecule has 0 spiro atoms. The van der Waals surface area contributed by atoms with Crippen LogP contribution in [-0.4, -0.2) is 18.2 Å². The summed E-state index contributed by atoms with van der Waals surface area (Å²) in [7, 11) is 0. The molecule has 0 heterocycles. The van der Waals surface area contributed by atoms with Gasteiger partial charge in [-0.1, -0.05) is 59.8 Å². The number of carbonyl (C=O) groups excluding carboxylic acids is 2. The summed E-state index contributed by atoms with van der Waals surface area (Å²) in [6.07, 6.45) is 7.14. The van der Waals surface area contributed by atoms with Crippen LogP contribution in [0.15, 0.2) is 0 Å². The summed E-state index contributed by atoms with van der Waals surface area (Å²) in [6.45, 7) is 8.80. The maximum Gasteiger partial charge on any atom is 0.223 e. The molecule has 0 bridgehead atoms. The summed E-state index contributed by atoms with van der Waals surface area (Å²) in [6, 6.07) is 0. The molecule has 0 aromatic rings. The van der Waals surface area contributed by atoms with Crippen LogP contribution >= 0.6 is 0 Å². The molecule has 0 saturated heterocycles. The Bertz CT molecular complexity index is 330. The number of carbonyl (C=O) groups is 2. The second kappa shape index (κ2) is 7.80. The van der Waals surface area contributed by atoms with Gasteiger partial charge in [-0.05, 0) is 11.3 Å². The average molecular weight is 281 g/mol. The minimum absolute atomic E-state index is 0.0118. The minimum atomic E-state index is -0.0163. The van der Waals surface area contributed by atoms with Gasteiger partial charge < -0.3 is 5.32 Å². The number of amides is 1. The van der Waals surface area contributed by atoms with Crippen LogP contribution in [-0.2, 0) is 9.59 Å². The zero-order valence-electron chi connectivity index (χ0n) is 13.6. The van der Waals surface area contributed by atoms with Crippen LogP contribution in [0, 0.1) is 17.3 Å². The van der Waals surface area contributed by atoms with E-state index in [2.05, 4.69) is 26.1 Å². The smallest absolute Gasteiger partial charge is 0.223 e. The lowest BCUT2D eigenvalue weighted by atomic mass is 9.77. The number of Topliss-reactive ketones (excluding diaryl/α,β-unsaturated/α-hetero) is 1. The van der Waals surface area contributed by atoms with E-state index in [1.807, 2.05) is 6.92 Å². The zero-order valence-corrected chi connectivity index (χ0v) is 13.6. The minimum Gasteiger partial charge on any atom is -0.355 e. The molecule has 0 unspecified atom stereocenters. The first-order valence-corrected chi connectivity index (χ1v) is 8.16. The van der Waals surface area contributed by atoms with Crippen molar-refractivity contribution in [3.63, 3.8) is 0 Å². The molecule has 0 aromatic heterocycles. The second-order valence-electron chi connectivity index (χ2n) is 7.00. The van der Waals surface area contributed by atoms with E-state index in [0.717, 1.165) is 6.42 Å². The van der Waals surface area contributed by atoms with Gasteiger partial charge in [0.15, 0.2) is 0 Å². The van der Waals surface area contributed by atoms with E-state index < -0.39 is 0 Å². The first-order chi connectivity index (χ1) is 9.36. The van der Waals surface area contributed by atoms with Crippen molar-refractivity contribution in [1.82, 2.24) is 5.32 Å². The maximum absolute atomic E-state index is 12.1. The normalized spacial score (nSPS) is 18.0. The molecule has 1 N–H and O–H groups in total. The fourth-order valence-electron chi connectivity index (χ4n) is 2.78. The van der Waals surface area contributed by atoms with Crippen LogP contribution in [0.2, 0.25) is 0 Å². The number of nitrogens with one attached hydrogen (secondary N) is 1. The number of ketones is 1. The van der Waals surface area contributed by atoms with Gasteiger partial charge >= 0.3 is 0 Å². The average Bonchev–Trinajstić information content (AvgIpc) is 2.90. The molecule has 1 fully saturated rings. The molecule has 3 heteroatoms. The van der Waals surface area contributed by atoms with Gasteiger partial charge in [-0.2, -0.15) is 0 Å². The van der Waals surface area contributed by atoms with Crippen molar-refractivity contribution < 1.29 is 9.59 Å². The fourth-order valence-corrected chi connectivity index (χ4v) is 2.78. The molecular formula is C17H31NO2. The van der Waals surface area contributed by atoms with Crippen molar-refractivity contribution >= 4 is 11.7 Å². The SMILES string of the molecule is CCC(C)(C)[C@@H](C)C(=O)NCCC(=O)CC1CCCC1. The molecule has 3 nitrogen and oxygen atoms in total. The Hall–Kier alpha value is -0.860. The Labute approximate surface area is 123 Å². The molecule has 0 radical (unpaired) electrons. The van der Waals surface area contributed by atoms with Crippen LogP contribution < -0.4 is 5.32 Å². The predicted molar refractivity (Wildman–Crippen MR) is 82.4 cm³/mol. The molecule has 0 aromatic carbocycles. The monoisotopic (exact) mass is 281 g/mol. The highest BCUT2D eigenvalue weighted by Gasteiger charge is 2.29. The fraction of sp³-hybridized carbons (Fsp3) is 0.882. The third-order valence-electron chi connectivity index (χ3n) is 5.17. The molecule has 116 valence electrons. The molecule has 20 heavy (non-hydrogen) atoms. The highest BCUT2D eigenvalue weighted by atomic mass is 16.2. The van der Waals surface area contributed by atoms with Gasteiger partial charge in [0, 0.05) is 25.3 Å². The molecular weight excluding hydrogens is 250 g/mol. The predicted octanol–water partition coefficient (Wildman–Crippen LogP) is 3.71. The van der Waals surface area contributed by atoms with Crippen LogP contribution in [0.4, 0.5) is 0 Å². The Morgan fingerprint density at radius 1 is 1.25 bits per heavy atom.